The van der Waals surface area contributed by atoms with Crippen molar-refractivity contribution in [1.82, 2.24) is 13.9 Å². The summed E-state index contributed by atoms with van der Waals surface area (Å²) >= 11 is 0. The third-order valence-corrected chi connectivity index (χ3v) is 6.22. The third kappa shape index (κ3) is 2.70. The maximum Gasteiger partial charge on any atom is 0.214 e. The van der Waals surface area contributed by atoms with Crippen molar-refractivity contribution in [3.8, 4) is 0 Å². The van der Waals surface area contributed by atoms with E-state index in [2.05, 4.69) is 14.5 Å². The van der Waals surface area contributed by atoms with Gasteiger partial charge in [0.1, 0.15) is 0 Å². The molecule has 22 heavy (non-hydrogen) atoms. The molecular formula is C15H22N4O2S. The van der Waals surface area contributed by atoms with Crippen LogP contribution in [0.25, 0.3) is 11.0 Å². The molecule has 3 rings (SSSR count). The second kappa shape index (κ2) is 5.89. The van der Waals surface area contributed by atoms with Crippen LogP contribution in [0.2, 0.25) is 0 Å². The van der Waals surface area contributed by atoms with E-state index in [0.717, 1.165) is 17.0 Å². The van der Waals surface area contributed by atoms with Gasteiger partial charge in [0.05, 0.1) is 16.8 Å². The van der Waals surface area contributed by atoms with E-state index in [1.807, 2.05) is 38.2 Å². The molecule has 0 amide bonds. The zero-order valence-electron chi connectivity index (χ0n) is 13.1. The van der Waals surface area contributed by atoms with Gasteiger partial charge >= 0.3 is 0 Å². The fourth-order valence-electron chi connectivity index (χ4n) is 2.97. The predicted octanol–water partition coefficient (Wildman–Crippen LogP) is 1.44. The van der Waals surface area contributed by atoms with E-state index in [9.17, 15) is 8.42 Å². The summed E-state index contributed by atoms with van der Waals surface area (Å²) in [5, 5.41) is 0. The molecule has 1 aliphatic heterocycles. The molecule has 0 unspecified atom stereocenters. The lowest BCUT2D eigenvalue weighted by Crippen LogP contribution is -2.49. The first-order valence-electron chi connectivity index (χ1n) is 7.67. The van der Waals surface area contributed by atoms with E-state index in [1.165, 1.54) is 0 Å². The second-order valence-corrected chi connectivity index (χ2v) is 7.75. The SMILES string of the molecule is CCCS(=O)(=O)N1CCN(c2nc3ccccc3n2C)CC1. The van der Waals surface area contributed by atoms with Crippen LogP contribution in [0.4, 0.5) is 5.95 Å². The molecule has 0 bridgehead atoms. The molecule has 120 valence electrons. The highest BCUT2D eigenvalue weighted by molar-refractivity contribution is 7.89. The Morgan fingerprint density at radius 2 is 1.82 bits per heavy atom. The number of piperazine rings is 1. The van der Waals surface area contributed by atoms with Crippen molar-refractivity contribution in [3.05, 3.63) is 24.3 Å². The van der Waals surface area contributed by atoms with Gasteiger partial charge in [0, 0.05) is 33.2 Å². The first-order valence-corrected chi connectivity index (χ1v) is 9.28. The average Bonchev–Trinajstić information content (AvgIpc) is 2.85. The van der Waals surface area contributed by atoms with Crippen LogP contribution in [-0.4, -0.2) is 54.2 Å². The molecule has 0 radical (unpaired) electrons. The van der Waals surface area contributed by atoms with Crippen molar-refractivity contribution in [2.75, 3.05) is 36.8 Å². The number of rotatable bonds is 4. The van der Waals surface area contributed by atoms with Gasteiger partial charge in [-0.05, 0) is 18.6 Å². The quantitative estimate of drug-likeness (QED) is 0.854. The number of sulfonamides is 1. The van der Waals surface area contributed by atoms with Gasteiger partial charge in [-0.15, -0.1) is 0 Å². The van der Waals surface area contributed by atoms with Crippen molar-refractivity contribution in [1.29, 1.82) is 0 Å². The molecule has 1 fully saturated rings. The van der Waals surface area contributed by atoms with Crippen molar-refractivity contribution in [2.24, 2.45) is 7.05 Å². The van der Waals surface area contributed by atoms with Crippen LogP contribution in [0.15, 0.2) is 24.3 Å². The summed E-state index contributed by atoms with van der Waals surface area (Å²) in [5.41, 5.74) is 2.07. The fraction of sp³-hybridized carbons (Fsp3) is 0.533. The summed E-state index contributed by atoms with van der Waals surface area (Å²) in [4.78, 5) is 6.85. The molecular weight excluding hydrogens is 300 g/mol. The normalized spacial score (nSPS) is 17.3. The molecule has 6 nitrogen and oxygen atoms in total. The van der Waals surface area contributed by atoms with E-state index >= 15 is 0 Å². The molecule has 1 aromatic carbocycles. The Morgan fingerprint density at radius 1 is 1.14 bits per heavy atom. The Bertz CT molecular complexity index is 761. The summed E-state index contributed by atoms with van der Waals surface area (Å²) in [6.45, 7) is 4.32. The van der Waals surface area contributed by atoms with Gasteiger partial charge in [-0.3, -0.25) is 0 Å². The summed E-state index contributed by atoms with van der Waals surface area (Å²) in [6.07, 6.45) is 0.660. The van der Waals surface area contributed by atoms with Gasteiger partial charge in [0.25, 0.3) is 0 Å². The molecule has 1 aromatic heterocycles. The minimum atomic E-state index is -3.09. The number of imidazole rings is 1. The van der Waals surface area contributed by atoms with Crippen molar-refractivity contribution >= 4 is 27.0 Å². The zero-order chi connectivity index (χ0) is 15.7. The number of para-hydroxylation sites is 2. The van der Waals surface area contributed by atoms with Crippen LogP contribution in [0.1, 0.15) is 13.3 Å². The molecule has 0 spiro atoms. The minimum Gasteiger partial charge on any atom is -0.340 e. The Kier molecular flexibility index (Phi) is 4.10. The molecule has 2 aromatic rings. The number of fused-ring (bicyclic) bond motifs is 1. The number of aryl methyl sites for hydroxylation is 1. The molecule has 2 heterocycles. The highest BCUT2D eigenvalue weighted by Gasteiger charge is 2.27. The highest BCUT2D eigenvalue weighted by atomic mass is 32.2. The smallest absolute Gasteiger partial charge is 0.214 e. The standard InChI is InChI=1S/C15H22N4O2S/c1-3-12-22(20,21)19-10-8-18(9-11-19)15-16-13-6-4-5-7-14(13)17(15)2/h4-7H,3,8-12H2,1-2H3. The van der Waals surface area contributed by atoms with Crippen molar-refractivity contribution in [2.45, 2.75) is 13.3 Å². The zero-order valence-corrected chi connectivity index (χ0v) is 13.9. The molecule has 1 aliphatic rings. The number of nitrogens with zero attached hydrogens (tertiary/aromatic N) is 4. The van der Waals surface area contributed by atoms with E-state index in [0.29, 0.717) is 32.6 Å². The highest BCUT2D eigenvalue weighted by Crippen LogP contribution is 2.22. The predicted molar refractivity (Wildman–Crippen MR) is 88.6 cm³/mol. The average molecular weight is 322 g/mol. The number of hydrogen-bond acceptors (Lipinski definition) is 4. The Hall–Kier alpha value is -1.60. The second-order valence-electron chi connectivity index (χ2n) is 5.66. The van der Waals surface area contributed by atoms with Gasteiger partial charge < -0.3 is 9.47 Å². The van der Waals surface area contributed by atoms with Crippen molar-refractivity contribution < 1.29 is 8.42 Å². The summed E-state index contributed by atoms with van der Waals surface area (Å²) in [5.74, 6) is 1.15. The summed E-state index contributed by atoms with van der Waals surface area (Å²) < 4.78 is 27.9. The number of aromatic nitrogens is 2. The fourth-order valence-corrected chi connectivity index (χ4v) is 4.46. The monoisotopic (exact) mass is 322 g/mol. The van der Waals surface area contributed by atoms with E-state index < -0.39 is 10.0 Å². The van der Waals surface area contributed by atoms with Gasteiger partial charge in [-0.2, -0.15) is 4.31 Å². The van der Waals surface area contributed by atoms with Gasteiger partial charge in [-0.25, -0.2) is 13.4 Å². The topological polar surface area (TPSA) is 58.4 Å². The first kappa shape index (κ1) is 15.3. The van der Waals surface area contributed by atoms with Crippen LogP contribution in [0.3, 0.4) is 0 Å². The maximum atomic E-state index is 12.1. The lowest BCUT2D eigenvalue weighted by molar-refractivity contribution is 0.381. The van der Waals surface area contributed by atoms with Crippen molar-refractivity contribution in [3.63, 3.8) is 0 Å². The summed E-state index contributed by atoms with van der Waals surface area (Å²) in [6, 6.07) is 8.03. The van der Waals surface area contributed by atoms with Crippen LogP contribution < -0.4 is 4.90 Å². The Morgan fingerprint density at radius 3 is 2.45 bits per heavy atom. The molecule has 0 N–H and O–H groups in total. The maximum absolute atomic E-state index is 12.1. The Labute approximate surface area is 131 Å². The van der Waals surface area contributed by atoms with E-state index in [1.54, 1.807) is 4.31 Å². The van der Waals surface area contributed by atoms with Crippen LogP contribution in [-0.2, 0) is 17.1 Å². The molecule has 0 aliphatic carbocycles. The van der Waals surface area contributed by atoms with E-state index in [-0.39, 0.29) is 5.75 Å². The van der Waals surface area contributed by atoms with Gasteiger partial charge in [0.2, 0.25) is 16.0 Å². The minimum absolute atomic E-state index is 0.235. The Balaban J connectivity index is 1.77. The molecule has 0 saturated carbocycles. The van der Waals surface area contributed by atoms with Crippen LogP contribution >= 0.6 is 0 Å². The number of benzene rings is 1. The van der Waals surface area contributed by atoms with E-state index in [4.69, 9.17) is 0 Å². The first-order chi connectivity index (χ1) is 10.5. The molecule has 7 heteroatoms. The summed E-state index contributed by atoms with van der Waals surface area (Å²) in [7, 11) is -1.09. The van der Waals surface area contributed by atoms with Gasteiger partial charge in [0.15, 0.2) is 0 Å². The van der Waals surface area contributed by atoms with Crippen LogP contribution in [0.5, 0.6) is 0 Å². The van der Waals surface area contributed by atoms with Gasteiger partial charge in [-0.1, -0.05) is 19.1 Å². The number of anilines is 1. The lowest BCUT2D eigenvalue weighted by atomic mass is 10.3. The molecule has 0 atom stereocenters. The number of hydrogen-bond donors (Lipinski definition) is 0. The largest absolute Gasteiger partial charge is 0.340 e. The molecule has 1 saturated heterocycles. The third-order valence-electron chi connectivity index (χ3n) is 4.14. The lowest BCUT2D eigenvalue weighted by Gasteiger charge is -2.34. The van der Waals surface area contributed by atoms with Crippen LogP contribution in [0, 0.1) is 0 Å².